The molecule has 2 unspecified atom stereocenters. The van der Waals surface area contributed by atoms with Crippen molar-refractivity contribution in [2.75, 3.05) is 19.6 Å². The second-order valence-corrected chi connectivity index (χ2v) is 6.38. The number of rotatable bonds is 13. The van der Waals surface area contributed by atoms with E-state index < -0.39 is 0 Å². The molecule has 1 aromatic rings. The second-order valence-electron chi connectivity index (χ2n) is 6.38. The van der Waals surface area contributed by atoms with E-state index in [2.05, 4.69) is 54.2 Å². The maximum atomic E-state index is 5.64. The van der Waals surface area contributed by atoms with Crippen molar-refractivity contribution in [3.05, 3.63) is 35.4 Å². The van der Waals surface area contributed by atoms with Gasteiger partial charge < -0.3 is 16.4 Å². The number of benzene rings is 1. The van der Waals surface area contributed by atoms with Crippen molar-refractivity contribution < 1.29 is 0 Å². The normalized spacial score (nSPS) is 13.9. The molecule has 2 atom stereocenters. The summed E-state index contributed by atoms with van der Waals surface area (Å²) < 4.78 is 0. The van der Waals surface area contributed by atoms with Gasteiger partial charge in [0.05, 0.1) is 0 Å². The molecule has 0 aliphatic carbocycles. The van der Waals surface area contributed by atoms with Crippen molar-refractivity contribution in [3.63, 3.8) is 0 Å². The molecule has 132 valence electrons. The third-order valence-corrected chi connectivity index (χ3v) is 4.25. The molecule has 1 rings (SSSR count). The lowest BCUT2D eigenvalue weighted by atomic mass is 9.99. The van der Waals surface area contributed by atoms with Crippen molar-refractivity contribution in [1.82, 2.24) is 16.1 Å². The fraction of sp³-hybridized carbons (Fsp3) is 0.667. The summed E-state index contributed by atoms with van der Waals surface area (Å²) in [7, 11) is 0. The van der Waals surface area contributed by atoms with Crippen molar-refractivity contribution >= 4 is 0 Å². The quantitative estimate of drug-likeness (QED) is 0.216. The molecule has 0 spiro atoms. The molecule has 0 aliphatic rings. The van der Waals surface area contributed by atoms with Crippen molar-refractivity contribution in [2.24, 2.45) is 17.5 Å². The summed E-state index contributed by atoms with van der Waals surface area (Å²) in [6.07, 6.45) is 3.32. The third-order valence-electron chi connectivity index (χ3n) is 4.25. The van der Waals surface area contributed by atoms with Gasteiger partial charge in [0, 0.05) is 25.7 Å². The van der Waals surface area contributed by atoms with Crippen LogP contribution < -0.4 is 27.6 Å². The minimum atomic E-state index is 0.330. The van der Waals surface area contributed by atoms with E-state index in [1.165, 1.54) is 17.5 Å². The summed E-state index contributed by atoms with van der Waals surface area (Å²) in [6.45, 7) is 8.88. The number of hydrogen-bond acceptors (Lipinski definition) is 5. The van der Waals surface area contributed by atoms with Gasteiger partial charge in [0.25, 0.3) is 0 Å². The highest BCUT2D eigenvalue weighted by atomic mass is 15.2. The smallest absolute Gasteiger partial charge is 0.0337 e. The Balaban J connectivity index is 2.26. The van der Waals surface area contributed by atoms with E-state index in [-0.39, 0.29) is 0 Å². The van der Waals surface area contributed by atoms with Gasteiger partial charge in [-0.15, -0.1) is 0 Å². The van der Waals surface area contributed by atoms with Crippen LogP contribution in [0.5, 0.6) is 0 Å². The largest absolute Gasteiger partial charge is 0.330 e. The van der Waals surface area contributed by atoms with Gasteiger partial charge in [-0.2, -0.15) is 0 Å². The van der Waals surface area contributed by atoms with Crippen LogP contribution in [0.25, 0.3) is 0 Å². The summed E-state index contributed by atoms with van der Waals surface area (Å²) in [4.78, 5) is 0. The van der Waals surface area contributed by atoms with Crippen LogP contribution in [0.15, 0.2) is 24.3 Å². The summed E-state index contributed by atoms with van der Waals surface area (Å²) in [5.41, 5.74) is 11.0. The van der Waals surface area contributed by atoms with Gasteiger partial charge in [-0.25, -0.2) is 0 Å². The van der Waals surface area contributed by atoms with E-state index >= 15 is 0 Å². The fourth-order valence-electron chi connectivity index (χ4n) is 2.49. The van der Waals surface area contributed by atoms with Gasteiger partial charge in [-0.1, -0.05) is 44.5 Å². The van der Waals surface area contributed by atoms with Crippen LogP contribution in [-0.2, 0) is 13.1 Å². The molecule has 5 heteroatoms. The number of hydrazine groups is 1. The second kappa shape index (κ2) is 12.4. The summed E-state index contributed by atoms with van der Waals surface area (Å²) in [5.74, 6) is 6.34. The lowest BCUT2D eigenvalue weighted by Gasteiger charge is -2.20. The summed E-state index contributed by atoms with van der Waals surface area (Å²) in [6, 6.07) is 9.07. The Hall–Kier alpha value is -0.980. The van der Waals surface area contributed by atoms with Crippen LogP contribution in [0.4, 0.5) is 0 Å². The SMILES string of the molecule is CCC(C)CC(CNCc1ccc(CNCCCN)cc1)NN. The first-order chi connectivity index (χ1) is 11.2. The minimum Gasteiger partial charge on any atom is -0.330 e. The van der Waals surface area contributed by atoms with Crippen LogP contribution in [0.1, 0.15) is 44.2 Å². The molecule has 7 N–H and O–H groups in total. The van der Waals surface area contributed by atoms with Gasteiger partial charge in [-0.05, 0) is 43.0 Å². The first-order valence-electron chi connectivity index (χ1n) is 8.85. The molecule has 0 heterocycles. The lowest BCUT2D eigenvalue weighted by Crippen LogP contribution is -2.43. The first-order valence-corrected chi connectivity index (χ1v) is 8.85. The summed E-state index contributed by atoms with van der Waals surface area (Å²) >= 11 is 0. The molecule has 0 aliphatic heterocycles. The predicted octanol–water partition coefficient (Wildman–Crippen LogP) is 1.48. The van der Waals surface area contributed by atoms with Crippen molar-refractivity contribution in [1.29, 1.82) is 0 Å². The zero-order chi connectivity index (χ0) is 16.9. The molecule has 1 aromatic carbocycles. The van der Waals surface area contributed by atoms with Gasteiger partial charge in [0.1, 0.15) is 0 Å². The highest BCUT2D eigenvalue weighted by Gasteiger charge is 2.10. The van der Waals surface area contributed by atoms with Gasteiger partial charge >= 0.3 is 0 Å². The van der Waals surface area contributed by atoms with E-state index in [0.717, 1.165) is 45.6 Å². The molecular formula is C18H35N5. The molecule has 0 amide bonds. The standard InChI is InChI=1S/C18H35N5/c1-3-15(2)11-18(23-20)14-22-13-17-7-5-16(6-8-17)12-21-10-4-9-19/h5-8,15,18,21-23H,3-4,9-14,19-20H2,1-2H3. The van der Waals surface area contributed by atoms with E-state index in [9.17, 15) is 0 Å². The average molecular weight is 322 g/mol. The van der Waals surface area contributed by atoms with E-state index in [1.807, 2.05) is 0 Å². The highest BCUT2D eigenvalue weighted by molar-refractivity contribution is 5.22. The van der Waals surface area contributed by atoms with Crippen LogP contribution in [0, 0.1) is 5.92 Å². The third kappa shape index (κ3) is 9.03. The Morgan fingerprint density at radius 2 is 1.65 bits per heavy atom. The van der Waals surface area contributed by atoms with Crippen LogP contribution in [-0.4, -0.2) is 25.7 Å². The maximum Gasteiger partial charge on any atom is 0.0337 e. The molecule has 0 fully saturated rings. The van der Waals surface area contributed by atoms with Crippen molar-refractivity contribution in [2.45, 2.75) is 52.2 Å². The van der Waals surface area contributed by atoms with Gasteiger partial charge in [0.15, 0.2) is 0 Å². The predicted molar refractivity (Wildman–Crippen MR) is 98.7 cm³/mol. The number of hydrogen-bond donors (Lipinski definition) is 5. The Morgan fingerprint density at radius 1 is 1.04 bits per heavy atom. The van der Waals surface area contributed by atoms with E-state index in [1.54, 1.807) is 0 Å². The maximum absolute atomic E-state index is 5.64. The zero-order valence-electron chi connectivity index (χ0n) is 14.8. The van der Waals surface area contributed by atoms with Gasteiger partial charge in [-0.3, -0.25) is 11.3 Å². The molecule has 5 nitrogen and oxygen atoms in total. The zero-order valence-corrected chi connectivity index (χ0v) is 14.8. The van der Waals surface area contributed by atoms with Crippen LogP contribution in [0.2, 0.25) is 0 Å². The van der Waals surface area contributed by atoms with Crippen LogP contribution >= 0.6 is 0 Å². The molecular weight excluding hydrogens is 286 g/mol. The molecule has 0 aromatic heterocycles. The minimum absolute atomic E-state index is 0.330. The Labute approximate surface area is 141 Å². The van der Waals surface area contributed by atoms with E-state index in [0.29, 0.717) is 12.0 Å². The van der Waals surface area contributed by atoms with Gasteiger partial charge in [0.2, 0.25) is 0 Å². The lowest BCUT2D eigenvalue weighted by molar-refractivity contribution is 0.382. The fourth-order valence-corrected chi connectivity index (χ4v) is 2.49. The Kier molecular flexibility index (Phi) is 10.9. The molecule has 23 heavy (non-hydrogen) atoms. The Morgan fingerprint density at radius 3 is 2.17 bits per heavy atom. The van der Waals surface area contributed by atoms with Crippen LogP contribution in [0.3, 0.4) is 0 Å². The van der Waals surface area contributed by atoms with Crippen molar-refractivity contribution in [3.8, 4) is 0 Å². The monoisotopic (exact) mass is 321 g/mol. The van der Waals surface area contributed by atoms with E-state index in [4.69, 9.17) is 11.6 Å². The highest BCUT2D eigenvalue weighted by Crippen LogP contribution is 2.09. The number of nitrogens with two attached hydrogens (primary N) is 2. The number of nitrogens with one attached hydrogen (secondary N) is 3. The Bertz CT molecular complexity index is 393. The topological polar surface area (TPSA) is 88.1 Å². The molecule has 0 bridgehead atoms. The molecule has 0 saturated carbocycles. The molecule has 0 radical (unpaired) electrons. The average Bonchev–Trinajstić information content (AvgIpc) is 2.58. The summed E-state index contributed by atoms with van der Waals surface area (Å²) in [5, 5.41) is 6.88. The first kappa shape index (κ1) is 20.1. The molecule has 0 saturated heterocycles.